The Labute approximate surface area is 177 Å². The van der Waals surface area contributed by atoms with Gasteiger partial charge >= 0.3 is 7.12 Å². The number of nitrogens with zero attached hydrogens (tertiary/aromatic N) is 1. The van der Waals surface area contributed by atoms with Crippen LogP contribution in [0.25, 0.3) is 10.8 Å². The summed E-state index contributed by atoms with van der Waals surface area (Å²) in [5.41, 5.74) is 5.38. The van der Waals surface area contributed by atoms with Crippen LogP contribution < -0.4 is 10.4 Å². The molecule has 30 heavy (non-hydrogen) atoms. The molecule has 0 heterocycles. The van der Waals surface area contributed by atoms with Crippen LogP contribution in [-0.2, 0) is 0 Å². The molecule has 5 rings (SSSR count). The highest BCUT2D eigenvalue weighted by molar-refractivity contribution is 6.58. The zero-order valence-electron chi connectivity index (χ0n) is 16.8. The van der Waals surface area contributed by atoms with E-state index in [1.165, 1.54) is 21.9 Å². The molecule has 2 aliphatic carbocycles. The smallest absolute Gasteiger partial charge is 0.423 e. The van der Waals surface area contributed by atoms with E-state index in [1.807, 2.05) is 18.2 Å². The maximum Gasteiger partial charge on any atom is 0.488 e. The Kier molecular flexibility index (Phi) is 5.03. The fourth-order valence-electron chi connectivity index (χ4n) is 4.51. The van der Waals surface area contributed by atoms with Gasteiger partial charge in [0.05, 0.1) is 6.04 Å². The van der Waals surface area contributed by atoms with Crippen LogP contribution in [-0.4, -0.2) is 23.2 Å². The van der Waals surface area contributed by atoms with Crippen LogP contribution in [0.3, 0.4) is 0 Å². The monoisotopic (exact) mass is 393 g/mol. The van der Waals surface area contributed by atoms with Crippen molar-refractivity contribution >= 4 is 34.7 Å². The van der Waals surface area contributed by atoms with E-state index >= 15 is 0 Å². The van der Waals surface area contributed by atoms with E-state index in [4.69, 9.17) is 0 Å². The summed E-state index contributed by atoms with van der Waals surface area (Å²) in [6.45, 7) is 0. The summed E-state index contributed by atoms with van der Waals surface area (Å²) < 4.78 is 0. The van der Waals surface area contributed by atoms with E-state index in [0.717, 1.165) is 30.6 Å². The van der Waals surface area contributed by atoms with Crippen LogP contribution in [0.5, 0.6) is 0 Å². The summed E-state index contributed by atoms with van der Waals surface area (Å²) in [4.78, 5) is 2.31. The molecule has 1 atom stereocenters. The van der Waals surface area contributed by atoms with Crippen molar-refractivity contribution in [1.29, 1.82) is 0 Å². The lowest BCUT2D eigenvalue weighted by Gasteiger charge is -2.35. The first-order chi connectivity index (χ1) is 14.7. The molecule has 0 aliphatic heterocycles. The fraction of sp³-hybridized carbons (Fsp3) is 0.154. The van der Waals surface area contributed by atoms with Crippen molar-refractivity contribution in [3.63, 3.8) is 0 Å². The lowest BCUT2D eigenvalue weighted by atomic mass is 9.80. The van der Waals surface area contributed by atoms with Gasteiger partial charge in [0.15, 0.2) is 0 Å². The fourth-order valence-corrected chi connectivity index (χ4v) is 4.51. The Bertz CT molecular complexity index is 1180. The molecule has 0 spiro atoms. The molecule has 0 saturated carbocycles. The lowest BCUT2D eigenvalue weighted by molar-refractivity contribution is 0.426. The zero-order valence-corrected chi connectivity index (χ0v) is 16.8. The van der Waals surface area contributed by atoms with Crippen molar-refractivity contribution in [3.05, 3.63) is 102 Å². The van der Waals surface area contributed by atoms with Gasteiger partial charge in [0.2, 0.25) is 0 Å². The van der Waals surface area contributed by atoms with Crippen LogP contribution in [0.15, 0.2) is 102 Å². The molecule has 1 unspecified atom stereocenters. The molecular weight excluding hydrogens is 369 g/mol. The van der Waals surface area contributed by atoms with Crippen molar-refractivity contribution in [2.45, 2.75) is 25.3 Å². The van der Waals surface area contributed by atoms with Crippen molar-refractivity contribution in [2.75, 3.05) is 4.90 Å². The van der Waals surface area contributed by atoms with Crippen LogP contribution in [0, 0.1) is 0 Å². The largest absolute Gasteiger partial charge is 0.488 e. The van der Waals surface area contributed by atoms with Gasteiger partial charge in [-0.25, -0.2) is 0 Å². The quantitative estimate of drug-likeness (QED) is 0.635. The van der Waals surface area contributed by atoms with Gasteiger partial charge in [0.1, 0.15) is 0 Å². The minimum absolute atomic E-state index is 0.152. The van der Waals surface area contributed by atoms with E-state index in [0.29, 0.717) is 5.46 Å². The Morgan fingerprint density at radius 1 is 0.800 bits per heavy atom. The van der Waals surface area contributed by atoms with Gasteiger partial charge in [-0.2, -0.15) is 0 Å². The van der Waals surface area contributed by atoms with Gasteiger partial charge in [-0.15, -0.1) is 0 Å². The molecule has 2 aliphatic rings. The van der Waals surface area contributed by atoms with Crippen molar-refractivity contribution in [1.82, 2.24) is 0 Å². The maximum absolute atomic E-state index is 9.71. The predicted octanol–water partition coefficient (Wildman–Crippen LogP) is 4.63. The third kappa shape index (κ3) is 3.60. The van der Waals surface area contributed by atoms with Gasteiger partial charge in [-0.05, 0) is 70.9 Å². The Hall–Kier alpha value is -3.08. The van der Waals surface area contributed by atoms with Crippen LogP contribution in [0.1, 0.15) is 19.3 Å². The van der Waals surface area contributed by atoms with E-state index in [-0.39, 0.29) is 6.04 Å². The van der Waals surface area contributed by atoms with Gasteiger partial charge in [-0.3, -0.25) is 0 Å². The number of fused-ring (bicyclic) bond motifs is 1. The molecule has 0 radical (unpaired) electrons. The second kappa shape index (κ2) is 7.98. The Balaban J connectivity index is 1.60. The molecular formula is C26H24BNO2. The van der Waals surface area contributed by atoms with Crippen LogP contribution in [0.2, 0.25) is 0 Å². The highest BCUT2D eigenvalue weighted by atomic mass is 16.4. The van der Waals surface area contributed by atoms with Crippen LogP contribution in [0.4, 0.5) is 11.4 Å². The molecule has 0 saturated heterocycles. The zero-order chi connectivity index (χ0) is 20.5. The molecule has 3 nitrogen and oxygen atoms in total. The number of hydrogen-bond acceptors (Lipinski definition) is 3. The first kappa shape index (κ1) is 18.9. The standard InChI is InChI=1S/C26H24BNO2/c29-27(30)23-10-5-11-24(18-23)28(25-14-12-19-6-1-3-8-21(19)16-25)26-15-13-20-7-2-4-9-22(20)17-26/h1,3-6,8-16,18,26,29-30H,2,7,17H2. The number of benzene rings is 3. The van der Waals surface area contributed by atoms with Gasteiger partial charge in [0, 0.05) is 11.4 Å². The molecule has 0 amide bonds. The van der Waals surface area contributed by atoms with E-state index < -0.39 is 7.12 Å². The molecule has 0 fully saturated rings. The number of rotatable bonds is 4. The van der Waals surface area contributed by atoms with Crippen molar-refractivity contribution in [2.24, 2.45) is 0 Å². The normalized spacial score (nSPS) is 17.9. The first-order valence-corrected chi connectivity index (χ1v) is 10.5. The molecule has 2 N–H and O–H groups in total. The molecule has 0 aromatic heterocycles. The topological polar surface area (TPSA) is 43.7 Å². The number of allylic oxidation sites excluding steroid dienone is 4. The average Bonchev–Trinajstić information content (AvgIpc) is 2.79. The summed E-state index contributed by atoms with van der Waals surface area (Å²) >= 11 is 0. The molecule has 3 aromatic carbocycles. The maximum atomic E-state index is 9.71. The third-order valence-corrected chi connectivity index (χ3v) is 6.05. The predicted molar refractivity (Wildman–Crippen MR) is 125 cm³/mol. The van der Waals surface area contributed by atoms with E-state index in [9.17, 15) is 10.0 Å². The van der Waals surface area contributed by atoms with E-state index in [1.54, 1.807) is 6.07 Å². The Morgan fingerprint density at radius 3 is 2.50 bits per heavy atom. The minimum Gasteiger partial charge on any atom is -0.423 e. The highest BCUT2D eigenvalue weighted by Gasteiger charge is 2.25. The lowest BCUT2D eigenvalue weighted by Crippen LogP contribution is -2.34. The second-order valence-electron chi connectivity index (χ2n) is 7.99. The van der Waals surface area contributed by atoms with Gasteiger partial charge < -0.3 is 14.9 Å². The summed E-state index contributed by atoms with van der Waals surface area (Å²) in [6.07, 6.45) is 12.2. The second-order valence-corrected chi connectivity index (χ2v) is 7.99. The van der Waals surface area contributed by atoms with Gasteiger partial charge in [-0.1, -0.05) is 66.8 Å². The molecule has 4 heteroatoms. The first-order valence-electron chi connectivity index (χ1n) is 10.5. The summed E-state index contributed by atoms with van der Waals surface area (Å²) in [6, 6.07) is 22.6. The van der Waals surface area contributed by atoms with E-state index in [2.05, 4.69) is 71.7 Å². The van der Waals surface area contributed by atoms with Crippen LogP contribution >= 0.6 is 0 Å². The van der Waals surface area contributed by atoms with Crippen molar-refractivity contribution in [3.8, 4) is 0 Å². The summed E-state index contributed by atoms with van der Waals surface area (Å²) in [5, 5.41) is 21.8. The highest BCUT2D eigenvalue weighted by Crippen LogP contribution is 2.36. The SMILES string of the molecule is OB(O)c1cccc(N(c2ccc3ccccc3c2)C2C=CC3=C(C=CCC3)C2)c1. The number of anilines is 2. The summed E-state index contributed by atoms with van der Waals surface area (Å²) in [7, 11) is -1.49. The molecule has 3 aromatic rings. The Morgan fingerprint density at radius 2 is 1.63 bits per heavy atom. The average molecular weight is 393 g/mol. The minimum atomic E-state index is -1.49. The summed E-state index contributed by atoms with van der Waals surface area (Å²) in [5.74, 6) is 0. The third-order valence-electron chi connectivity index (χ3n) is 6.05. The van der Waals surface area contributed by atoms with Gasteiger partial charge in [0.25, 0.3) is 0 Å². The van der Waals surface area contributed by atoms with Crippen molar-refractivity contribution < 1.29 is 10.0 Å². The molecule has 0 bridgehead atoms. The number of hydrogen-bond donors (Lipinski definition) is 2. The molecule has 148 valence electrons.